The van der Waals surface area contributed by atoms with Crippen LogP contribution >= 0.6 is 0 Å². The first-order chi connectivity index (χ1) is 12.9. The summed E-state index contributed by atoms with van der Waals surface area (Å²) in [6, 6.07) is 5.74. The van der Waals surface area contributed by atoms with E-state index in [4.69, 9.17) is 4.74 Å². The van der Waals surface area contributed by atoms with Crippen molar-refractivity contribution in [3.8, 4) is 0 Å². The molecule has 2 aliphatic heterocycles. The average Bonchev–Trinajstić information content (AvgIpc) is 2.94. The molecule has 1 unspecified atom stereocenters. The summed E-state index contributed by atoms with van der Waals surface area (Å²) >= 11 is 0. The molecule has 27 heavy (non-hydrogen) atoms. The molecule has 1 atom stereocenters. The molecule has 2 heterocycles. The van der Waals surface area contributed by atoms with Crippen LogP contribution in [0.1, 0.15) is 30.5 Å². The van der Waals surface area contributed by atoms with Gasteiger partial charge in [-0.25, -0.2) is 0 Å². The Labute approximate surface area is 159 Å². The van der Waals surface area contributed by atoms with Gasteiger partial charge in [0.25, 0.3) is 0 Å². The largest absolute Gasteiger partial charge is 0.416 e. The van der Waals surface area contributed by atoms with E-state index in [1.54, 1.807) is 12.1 Å². The fourth-order valence-corrected chi connectivity index (χ4v) is 3.84. The minimum atomic E-state index is -4.27. The van der Waals surface area contributed by atoms with Gasteiger partial charge >= 0.3 is 6.18 Å². The lowest BCUT2D eigenvalue weighted by Gasteiger charge is -2.39. The molecule has 0 spiro atoms. The Hall–Kier alpha value is -1.15. The summed E-state index contributed by atoms with van der Waals surface area (Å²) in [4.78, 5) is 7.32. The number of alkyl halides is 3. The molecule has 4 nitrogen and oxygen atoms in total. The maximum atomic E-state index is 12.7. The van der Waals surface area contributed by atoms with Crippen LogP contribution < -0.4 is 0 Å². The van der Waals surface area contributed by atoms with E-state index in [0.717, 1.165) is 77.6 Å². The molecule has 2 aliphatic rings. The number of halogens is 3. The molecule has 0 bridgehead atoms. The normalized spacial score (nSPS) is 22.5. The molecule has 2 saturated heterocycles. The van der Waals surface area contributed by atoms with E-state index in [2.05, 4.69) is 21.6 Å². The van der Waals surface area contributed by atoms with Crippen molar-refractivity contribution < 1.29 is 17.9 Å². The van der Waals surface area contributed by atoms with E-state index in [1.165, 1.54) is 12.1 Å². The fourth-order valence-electron chi connectivity index (χ4n) is 3.84. The van der Waals surface area contributed by atoms with Crippen molar-refractivity contribution in [2.45, 2.75) is 25.6 Å². The Morgan fingerprint density at radius 1 is 0.889 bits per heavy atom. The van der Waals surface area contributed by atoms with Crippen molar-refractivity contribution in [2.75, 3.05) is 65.6 Å². The van der Waals surface area contributed by atoms with E-state index in [0.29, 0.717) is 0 Å². The monoisotopic (exact) mass is 385 g/mol. The second-order valence-electron chi connectivity index (χ2n) is 7.48. The van der Waals surface area contributed by atoms with E-state index < -0.39 is 11.7 Å². The summed E-state index contributed by atoms with van der Waals surface area (Å²) in [5.74, 6) is 0. The van der Waals surface area contributed by atoms with E-state index in [9.17, 15) is 13.2 Å². The maximum Gasteiger partial charge on any atom is 0.416 e. The lowest BCUT2D eigenvalue weighted by molar-refractivity contribution is -0.137. The highest BCUT2D eigenvalue weighted by atomic mass is 19.4. The molecule has 0 radical (unpaired) electrons. The molecule has 0 aromatic heterocycles. The number of hydrogen-bond acceptors (Lipinski definition) is 4. The number of hydrogen-bond donors (Lipinski definition) is 0. The zero-order chi connectivity index (χ0) is 19.3. The number of benzene rings is 1. The van der Waals surface area contributed by atoms with Gasteiger partial charge in [-0.2, -0.15) is 13.2 Å². The summed E-state index contributed by atoms with van der Waals surface area (Å²) < 4.78 is 43.7. The van der Waals surface area contributed by atoms with Crippen molar-refractivity contribution in [3.63, 3.8) is 0 Å². The van der Waals surface area contributed by atoms with Gasteiger partial charge in [0.15, 0.2) is 0 Å². The van der Waals surface area contributed by atoms with Crippen molar-refractivity contribution >= 4 is 0 Å². The minimum Gasteiger partial charge on any atom is -0.380 e. The summed E-state index contributed by atoms with van der Waals surface area (Å²) in [6.07, 6.45) is -3.16. The lowest BCUT2D eigenvalue weighted by Crippen LogP contribution is -2.49. The van der Waals surface area contributed by atoms with Gasteiger partial charge in [-0.1, -0.05) is 12.1 Å². The fraction of sp³-hybridized carbons (Fsp3) is 0.700. The summed E-state index contributed by atoms with van der Waals surface area (Å²) in [7, 11) is 0. The summed E-state index contributed by atoms with van der Waals surface area (Å²) in [5, 5.41) is 0. The van der Waals surface area contributed by atoms with Crippen LogP contribution in [0.3, 0.4) is 0 Å². The quantitative estimate of drug-likeness (QED) is 0.775. The van der Waals surface area contributed by atoms with Crippen molar-refractivity contribution in [2.24, 2.45) is 0 Å². The molecule has 3 rings (SSSR count). The van der Waals surface area contributed by atoms with Gasteiger partial charge in [0.2, 0.25) is 0 Å². The zero-order valence-corrected chi connectivity index (χ0v) is 16.0. The van der Waals surface area contributed by atoms with Gasteiger partial charge in [-0.05, 0) is 31.0 Å². The second-order valence-corrected chi connectivity index (χ2v) is 7.48. The molecule has 0 aliphatic carbocycles. The van der Waals surface area contributed by atoms with Gasteiger partial charge in [0.05, 0.1) is 12.2 Å². The first kappa shape index (κ1) is 20.6. The third-order valence-electron chi connectivity index (χ3n) is 5.72. The van der Waals surface area contributed by atoms with E-state index in [-0.39, 0.29) is 6.04 Å². The zero-order valence-electron chi connectivity index (χ0n) is 16.0. The molecule has 0 saturated carbocycles. The van der Waals surface area contributed by atoms with Crippen LogP contribution in [-0.2, 0) is 10.9 Å². The Morgan fingerprint density at radius 3 is 2.15 bits per heavy atom. The molecule has 0 amide bonds. The maximum absolute atomic E-state index is 12.7. The molecule has 1 aromatic carbocycles. The highest BCUT2D eigenvalue weighted by Crippen LogP contribution is 2.31. The smallest absolute Gasteiger partial charge is 0.380 e. The van der Waals surface area contributed by atoms with Crippen LogP contribution in [-0.4, -0.2) is 80.3 Å². The van der Waals surface area contributed by atoms with E-state index >= 15 is 0 Å². The molecular formula is C20H30F3N3O. The van der Waals surface area contributed by atoms with Crippen LogP contribution in [0.4, 0.5) is 13.2 Å². The SMILES string of the molecule is CC(c1ccc(C(F)(F)F)cc1)N1CCN(CCN2CCCOCC2)CC1. The molecule has 2 fully saturated rings. The number of nitrogens with zero attached hydrogens (tertiary/aromatic N) is 3. The average molecular weight is 385 g/mol. The van der Waals surface area contributed by atoms with E-state index in [1.807, 2.05) is 0 Å². The lowest BCUT2D eigenvalue weighted by atomic mass is 10.0. The summed E-state index contributed by atoms with van der Waals surface area (Å²) in [5.41, 5.74) is 0.364. The molecule has 7 heteroatoms. The van der Waals surface area contributed by atoms with Gasteiger partial charge in [-0.3, -0.25) is 14.7 Å². The molecule has 0 N–H and O–H groups in total. The van der Waals surface area contributed by atoms with Crippen molar-refractivity contribution in [1.29, 1.82) is 0 Å². The van der Waals surface area contributed by atoms with Gasteiger partial charge in [-0.15, -0.1) is 0 Å². The van der Waals surface area contributed by atoms with Crippen molar-refractivity contribution in [1.82, 2.24) is 14.7 Å². The van der Waals surface area contributed by atoms with Crippen LogP contribution in [0, 0.1) is 0 Å². The predicted molar refractivity (Wildman–Crippen MR) is 99.7 cm³/mol. The van der Waals surface area contributed by atoms with Crippen LogP contribution in [0.15, 0.2) is 24.3 Å². The first-order valence-corrected chi connectivity index (χ1v) is 9.87. The van der Waals surface area contributed by atoms with Gasteiger partial charge < -0.3 is 4.74 Å². The topological polar surface area (TPSA) is 19.0 Å². The molecule has 152 valence electrons. The Morgan fingerprint density at radius 2 is 1.52 bits per heavy atom. The molecule has 1 aromatic rings. The van der Waals surface area contributed by atoms with Crippen LogP contribution in [0.25, 0.3) is 0 Å². The third-order valence-corrected chi connectivity index (χ3v) is 5.72. The standard InChI is InChI=1S/C20H30F3N3O/c1-17(18-3-5-19(6-4-18)20(21,22)23)26-12-10-25(11-13-26)9-8-24-7-2-15-27-16-14-24/h3-6,17H,2,7-16H2,1H3. The minimum absolute atomic E-state index is 0.136. The number of rotatable bonds is 5. The Balaban J connectivity index is 1.44. The highest BCUT2D eigenvalue weighted by molar-refractivity contribution is 5.26. The Bertz CT molecular complexity index is 563. The molecular weight excluding hydrogens is 355 g/mol. The van der Waals surface area contributed by atoms with Crippen LogP contribution in [0.2, 0.25) is 0 Å². The summed E-state index contributed by atoms with van der Waals surface area (Å²) in [6.45, 7) is 12.0. The third kappa shape index (κ3) is 5.91. The Kier molecular flexibility index (Phi) is 7.14. The van der Waals surface area contributed by atoms with Gasteiger partial charge in [0.1, 0.15) is 0 Å². The van der Waals surface area contributed by atoms with Gasteiger partial charge in [0, 0.05) is 65.0 Å². The number of ether oxygens (including phenoxy) is 1. The first-order valence-electron chi connectivity index (χ1n) is 9.87. The predicted octanol–water partition coefficient (Wildman–Crippen LogP) is 3.11. The second kappa shape index (κ2) is 9.37. The number of piperazine rings is 1. The highest BCUT2D eigenvalue weighted by Gasteiger charge is 2.30. The van der Waals surface area contributed by atoms with Crippen LogP contribution in [0.5, 0.6) is 0 Å². The van der Waals surface area contributed by atoms with Crippen molar-refractivity contribution in [3.05, 3.63) is 35.4 Å².